The van der Waals surface area contributed by atoms with Gasteiger partial charge in [-0.1, -0.05) is 0 Å². The van der Waals surface area contributed by atoms with Crippen LogP contribution in [0.5, 0.6) is 0 Å². The van der Waals surface area contributed by atoms with Crippen LogP contribution in [0.2, 0.25) is 0 Å². The van der Waals surface area contributed by atoms with E-state index in [1.807, 2.05) is 13.2 Å². The molecule has 0 aromatic carbocycles. The van der Waals surface area contributed by atoms with Crippen LogP contribution >= 0.6 is 11.8 Å². The first-order valence-corrected chi connectivity index (χ1v) is 5.64. The Morgan fingerprint density at radius 3 is 3.14 bits per heavy atom. The van der Waals surface area contributed by atoms with E-state index in [0.29, 0.717) is 11.4 Å². The minimum atomic E-state index is 0.286. The predicted molar refractivity (Wildman–Crippen MR) is 58.2 cm³/mol. The molecule has 0 radical (unpaired) electrons. The minimum absolute atomic E-state index is 0.286. The number of nitriles is 1. The van der Waals surface area contributed by atoms with Gasteiger partial charge in [0.05, 0.1) is 11.8 Å². The third kappa shape index (κ3) is 2.89. The van der Waals surface area contributed by atoms with Crippen LogP contribution in [-0.2, 0) is 0 Å². The van der Waals surface area contributed by atoms with E-state index in [1.54, 1.807) is 17.8 Å². The Morgan fingerprint density at radius 1 is 1.71 bits per heavy atom. The van der Waals surface area contributed by atoms with Crippen molar-refractivity contribution in [3.05, 3.63) is 17.8 Å². The maximum atomic E-state index is 8.80. The highest BCUT2D eigenvalue weighted by atomic mass is 32.2. The van der Waals surface area contributed by atoms with Crippen LogP contribution in [0.15, 0.2) is 12.3 Å². The van der Waals surface area contributed by atoms with Crippen molar-refractivity contribution in [3.63, 3.8) is 0 Å². The highest BCUT2D eigenvalue weighted by molar-refractivity contribution is 7.98. The lowest BCUT2D eigenvalue weighted by atomic mass is 10.3. The van der Waals surface area contributed by atoms with E-state index in [4.69, 9.17) is 5.26 Å². The van der Waals surface area contributed by atoms with Gasteiger partial charge in [-0.05, 0) is 19.2 Å². The molecule has 1 rings (SSSR count). The van der Waals surface area contributed by atoms with Crippen LogP contribution in [0.4, 0.5) is 5.82 Å². The molecule has 0 aliphatic rings. The first kappa shape index (κ1) is 10.8. The van der Waals surface area contributed by atoms with Gasteiger partial charge in [-0.15, -0.1) is 5.10 Å². The zero-order valence-corrected chi connectivity index (χ0v) is 9.01. The molecule has 0 amide bonds. The molecular weight excluding hydrogens is 196 g/mol. The third-order valence-corrected chi connectivity index (χ3v) is 2.47. The maximum absolute atomic E-state index is 8.80. The van der Waals surface area contributed by atoms with Gasteiger partial charge in [-0.2, -0.15) is 22.1 Å². The molecule has 1 aromatic heterocycles. The van der Waals surface area contributed by atoms with Crippen LogP contribution in [-0.4, -0.2) is 28.2 Å². The highest BCUT2D eigenvalue weighted by Gasteiger charge is 2.06. The third-order valence-electron chi connectivity index (χ3n) is 1.64. The van der Waals surface area contributed by atoms with Gasteiger partial charge < -0.3 is 5.32 Å². The van der Waals surface area contributed by atoms with Crippen molar-refractivity contribution < 1.29 is 0 Å². The molecule has 0 fully saturated rings. The molecule has 1 unspecified atom stereocenters. The zero-order chi connectivity index (χ0) is 10.4. The SMILES string of the molecule is CSCC(C)Nc1nnccc1C#N. The van der Waals surface area contributed by atoms with Crippen LogP contribution < -0.4 is 5.32 Å². The lowest BCUT2D eigenvalue weighted by Gasteiger charge is -2.12. The fourth-order valence-electron chi connectivity index (χ4n) is 1.05. The average Bonchev–Trinajstić information content (AvgIpc) is 2.19. The van der Waals surface area contributed by atoms with E-state index in [1.165, 1.54) is 6.20 Å². The highest BCUT2D eigenvalue weighted by Crippen LogP contribution is 2.10. The molecule has 1 aromatic rings. The molecule has 0 spiro atoms. The normalized spacial score (nSPS) is 11.8. The summed E-state index contributed by atoms with van der Waals surface area (Å²) in [6, 6.07) is 4.01. The molecule has 5 heteroatoms. The van der Waals surface area contributed by atoms with Gasteiger partial charge >= 0.3 is 0 Å². The van der Waals surface area contributed by atoms with Crippen molar-refractivity contribution in [2.75, 3.05) is 17.3 Å². The number of anilines is 1. The van der Waals surface area contributed by atoms with E-state index < -0.39 is 0 Å². The van der Waals surface area contributed by atoms with Crippen molar-refractivity contribution in [1.29, 1.82) is 5.26 Å². The molecular formula is C9H12N4S. The summed E-state index contributed by atoms with van der Waals surface area (Å²) < 4.78 is 0. The number of hydrogen-bond donors (Lipinski definition) is 1. The van der Waals surface area contributed by atoms with E-state index in [-0.39, 0.29) is 6.04 Å². The molecule has 0 saturated carbocycles. The van der Waals surface area contributed by atoms with E-state index in [0.717, 1.165) is 5.75 Å². The number of hydrogen-bond acceptors (Lipinski definition) is 5. The summed E-state index contributed by atoms with van der Waals surface area (Å²) in [5, 5.41) is 19.6. The quantitative estimate of drug-likeness (QED) is 0.812. The summed E-state index contributed by atoms with van der Waals surface area (Å²) >= 11 is 1.75. The monoisotopic (exact) mass is 208 g/mol. The smallest absolute Gasteiger partial charge is 0.166 e. The molecule has 4 nitrogen and oxygen atoms in total. The van der Waals surface area contributed by atoms with E-state index >= 15 is 0 Å². The summed E-state index contributed by atoms with van der Waals surface area (Å²) in [6.07, 6.45) is 3.56. The summed E-state index contributed by atoms with van der Waals surface area (Å²) in [5.74, 6) is 1.54. The average molecular weight is 208 g/mol. The lowest BCUT2D eigenvalue weighted by molar-refractivity contribution is 0.883. The van der Waals surface area contributed by atoms with Crippen LogP contribution in [0.1, 0.15) is 12.5 Å². The van der Waals surface area contributed by atoms with Crippen molar-refractivity contribution in [2.45, 2.75) is 13.0 Å². The first-order chi connectivity index (χ1) is 6.77. The van der Waals surface area contributed by atoms with Crippen LogP contribution in [0, 0.1) is 11.3 Å². The number of thioether (sulfide) groups is 1. The second kappa shape index (κ2) is 5.45. The standard InChI is InChI=1S/C9H12N4S/c1-7(6-14-2)12-9-8(5-10)3-4-11-13-9/h3-4,7H,6H2,1-2H3,(H,12,13). The second-order valence-electron chi connectivity index (χ2n) is 2.91. The van der Waals surface area contributed by atoms with E-state index in [9.17, 15) is 0 Å². The molecule has 74 valence electrons. The summed E-state index contributed by atoms with van der Waals surface area (Å²) in [4.78, 5) is 0. The Bertz CT molecular complexity index is 334. The Morgan fingerprint density at radius 2 is 2.50 bits per heavy atom. The van der Waals surface area contributed by atoms with Crippen LogP contribution in [0.25, 0.3) is 0 Å². The maximum Gasteiger partial charge on any atom is 0.166 e. The second-order valence-corrected chi connectivity index (χ2v) is 3.82. The lowest BCUT2D eigenvalue weighted by Crippen LogP contribution is -2.19. The molecule has 0 aliphatic carbocycles. The van der Waals surface area contributed by atoms with E-state index in [2.05, 4.69) is 21.6 Å². The predicted octanol–water partition coefficient (Wildman–Crippen LogP) is 1.51. The van der Waals surface area contributed by atoms with Gasteiger partial charge in [0.1, 0.15) is 6.07 Å². The number of aromatic nitrogens is 2. The molecule has 1 atom stereocenters. The summed E-state index contributed by atoms with van der Waals surface area (Å²) in [5.41, 5.74) is 0.535. The first-order valence-electron chi connectivity index (χ1n) is 4.25. The van der Waals surface area contributed by atoms with Crippen LogP contribution in [0.3, 0.4) is 0 Å². The summed E-state index contributed by atoms with van der Waals surface area (Å²) in [6.45, 7) is 2.05. The number of nitrogens with zero attached hydrogens (tertiary/aromatic N) is 3. The summed E-state index contributed by atoms with van der Waals surface area (Å²) in [7, 11) is 0. The molecule has 1 N–H and O–H groups in total. The van der Waals surface area contributed by atoms with Crippen molar-refractivity contribution in [3.8, 4) is 6.07 Å². The van der Waals surface area contributed by atoms with Gasteiger partial charge in [0.15, 0.2) is 5.82 Å². The largest absolute Gasteiger partial charge is 0.364 e. The minimum Gasteiger partial charge on any atom is -0.364 e. The van der Waals surface area contributed by atoms with Gasteiger partial charge in [0.25, 0.3) is 0 Å². The molecule has 0 bridgehead atoms. The molecule has 0 saturated heterocycles. The van der Waals surface area contributed by atoms with Gasteiger partial charge in [-0.3, -0.25) is 0 Å². The van der Waals surface area contributed by atoms with Gasteiger partial charge in [0, 0.05) is 11.8 Å². The zero-order valence-electron chi connectivity index (χ0n) is 8.19. The Hall–Kier alpha value is -1.28. The number of nitrogens with one attached hydrogen (secondary N) is 1. The Kier molecular flexibility index (Phi) is 4.20. The molecule has 0 aliphatic heterocycles. The van der Waals surface area contributed by atoms with Gasteiger partial charge in [0.2, 0.25) is 0 Å². The molecule has 1 heterocycles. The fraction of sp³-hybridized carbons (Fsp3) is 0.444. The van der Waals surface area contributed by atoms with Crippen molar-refractivity contribution >= 4 is 17.6 Å². The van der Waals surface area contributed by atoms with Crippen molar-refractivity contribution in [2.24, 2.45) is 0 Å². The Balaban J connectivity index is 2.71. The van der Waals surface area contributed by atoms with Crippen molar-refractivity contribution in [1.82, 2.24) is 10.2 Å². The molecule has 14 heavy (non-hydrogen) atoms. The fourth-order valence-corrected chi connectivity index (χ4v) is 1.64. The van der Waals surface area contributed by atoms with Gasteiger partial charge in [-0.25, -0.2) is 0 Å². The number of rotatable bonds is 4. The Labute approximate surface area is 87.7 Å². The topological polar surface area (TPSA) is 61.6 Å².